The van der Waals surface area contributed by atoms with Crippen LogP contribution < -0.4 is 5.32 Å². The Hall–Kier alpha value is -0.610. The molecule has 94 valence electrons. The van der Waals surface area contributed by atoms with E-state index in [1.807, 2.05) is 4.90 Å². The molecule has 0 aromatic heterocycles. The van der Waals surface area contributed by atoms with Crippen LogP contribution >= 0.6 is 0 Å². The minimum atomic E-state index is 0. The van der Waals surface area contributed by atoms with Crippen molar-refractivity contribution in [1.82, 2.24) is 15.1 Å². The lowest BCUT2D eigenvalue weighted by atomic mass is 9.95. The van der Waals surface area contributed by atoms with Gasteiger partial charge in [-0.15, -0.1) is 0 Å². The number of carbonyl (C=O) groups excluding carboxylic acids is 1. The molecule has 0 saturated carbocycles. The fourth-order valence-electron chi connectivity index (χ4n) is 2.40. The number of nitrogens with zero attached hydrogens (tertiary/aromatic N) is 2. The molecule has 0 unspecified atom stereocenters. The largest absolute Gasteiger partial charge is 0.340 e. The molecule has 0 radical (unpaired) electrons. The van der Waals surface area contributed by atoms with Crippen molar-refractivity contribution in [2.45, 2.75) is 20.3 Å². The Labute approximate surface area is 99.0 Å². The van der Waals surface area contributed by atoms with Gasteiger partial charge in [-0.2, -0.15) is 0 Å². The monoisotopic (exact) mass is 227 g/mol. The summed E-state index contributed by atoms with van der Waals surface area (Å²) in [5.74, 6) is 0.684. The van der Waals surface area contributed by atoms with Crippen LogP contribution in [-0.4, -0.2) is 62.0 Å². The van der Waals surface area contributed by atoms with E-state index in [0.717, 1.165) is 52.1 Å². The third-order valence-corrected chi connectivity index (χ3v) is 3.50. The second-order valence-corrected chi connectivity index (χ2v) is 4.65. The minimum Gasteiger partial charge on any atom is -0.340 e. The van der Waals surface area contributed by atoms with Crippen LogP contribution in [-0.2, 0) is 4.79 Å². The van der Waals surface area contributed by atoms with Crippen LogP contribution in [0.15, 0.2) is 0 Å². The van der Waals surface area contributed by atoms with Crippen LogP contribution in [0.4, 0.5) is 0 Å². The molecule has 2 rings (SSSR count). The second-order valence-electron chi connectivity index (χ2n) is 4.65. The number of nitrogens with one attached hydrogen (secondary N) is 1. The second kappa shape index (κ2) is 6.21. The predicted octanol–water partition coefficient (Wildman–Crippen LogP) is 0.396. The van der Waals surface area contributed by atoms with Gasteiger partial charge in [0.05, 0.1) is 0 Å². The number of hydrogen-bond donors (Lipinski definition) is 1. The average molecular weight is 227 g/mol. The Bertz CT molecular complexity index is 218. The third kappa shape index (κ3) is 3.19. The van der Waals surface area contributed by atoms with Gasteiger partial charge < -0.3 is 15.1 Å². The molecule has 2 saturated heterocycles. The third-order valence-electron chi connectivity index (χ3n) is 3.50. The Morgan fingerprint density at radius 2 is 1.69 bits per heavy atom. The van der Waals surface area contributed by atoms with Crippen molar-refractivity contribution >= 4 is 5.91 Å². The molecular formula is C12H25N3O. The number of rotatable bonds is 1. The summed E-state index contributed by atoms with van der Waals surface area (Å²) in [6.45, 7) is 5.85. The summed E-state index contributed by atoms with van der Waals surface area (Å²) in [6.07, 6.45) is 2.08. The van der Waals surface area contributed by atoms with Crippen LogP contribution in [0.2, 0.25) is 0 Å². The van der Waals surface area contributed by atoms with Crippen molar-refractivity contribution in [3.63, 3.8) is 0 Å². The summed E-state index contributed by atoms with van der Waals surface area (Å²) in [7, 11) is 2.13. The zero-order valence-electron chi connectivity index (χ0n) is 9.54. The molecule has 16 heavy (non-hydrogen) atoms. The van der Waals surface area contributed by atoms with Crippen molar-refractivity contribution < 1.29 is 4.79 Å². The highest BCUT2D eigenvalue weighted by atomic mass is 16.2. The highest BCUT2D eigenvalue weighted by Crippen LogP contribution is 2.18. The van der Waals surface area contributed by atoms with Crippen LogP contribution in [0.3, 0.4) is 0 Å². The Balaban J connectivity index is 0.00000128. The lowest BCUT2D eigenvalue weighted by Crippen LogP contribution is -2.49. The molecule has 4 nitrogen and oxygen atoms in total. The summed E-state index contributed by atoms with van der Waals surface area (Å²) in [4.78, 5) is 16.5. The average Bonchev–Trinajstić information content (AvgIpc) is 2.30. The Morgan fingerprint density at radius 1 is 1.12 bits per heavy atom. The molecule has 1 amide bonds. The molecule has 2 fully saturated rings. The van der Waals surface area contributed by atoms with Crippen molar-refractivity contribution in [2.75, 3.05) is 46.3 Å². The molecule has 0 aromatic carbocycles. The van der Waals surface area contributed by atoms with E-state index in [-0.39, 0.29) is 7.43 Å². The quantitative estimate of drug-likeness (QED) is 0.704. The van der Waals surface area contributed by atoms with E-state index in [0.29, 0.717) is 11.8 Å². The van der Waals surface area contributed by atoms with Gasteiger partial charge in [0.15, 0.2) is 0 Å². The first-order valence-corrected chi connectivity index (χ1v) is 5.95. The zero-order valence-corrected chi connectivity index (χ0v) is 9.54. The van der Waals surface area contributed by atoms with Gasteiger partial charge in [0.2, 0.25) is 5.91 Å². The zero-order chi connectivity index (χ0) is 10.7. The highest BCUT2D eigenvalue weighted by Gasteiger charge is 2.27. The van der Waals surface area contributed by atoms with Gasteiger partial charge in [0, 0.05) is 32.1 Å². The van der Waals surface area contributed by atoms with Crippen molar-refractivity contribution in [3.05, 3.63) is 0 Å². The SMILES string of the molecule is C.CN1CCC(C(=O)N2CCNCC2)CC1. The van der Waals surface area contributed by atoms with Gasteiger partial charge in [-0.25, -0.2) is 0 Å². The van der Waals surface area contributed by atoms with Gasteiger partial charge in [-0.3, -0.25) is 4.79 Å². The molecule has 0 aliphatic carbocycles. The highest BCUT2D eigenvalue weighted by molar-refractivity contribution is 5.79. The number of piperazine rings is 1. The standard InChI is InChI=1S/C11H21N3O.CH4/c1-13-6-2-10(3-7-13)11(15)14-8-4-12-5-9-14;/h10,12H,2-9H2,1H3;1H4. The van der Waals surface area contributed by atoms with Crippen LogP contribution in [0, 0.1) is 5.92 Å². The van der Waals surface area contributed by atoms with Gasteiger partial charge in [0.25, 0.3) is 0 Å². The molecule has 0 aromatic rings. The molecule has 4 heteroatoms. The van der Waals surface area contributed by atoms with Crippen molar-refractivity contribution in [2.24, 2.45) is 5.92 Å². The number of piperidine rings is 1. The number of likely N-dealkylation sites (tertiary alicyclic amines) is 1. The Morgan fingerprint density at radius 3 is 2.25 bits per heavy atom. The summed E-state index contributed by atoms with van der Waals surface area (Å²) < 4.78 is 0. The molecule has 0 atom stereocenters. The van der Waals surface area contributed by atoms with Gasteiger partial charge in [0.1, 0.15) is 0 Å². The molecule has 2 aliphatic heterocycles. The van der Waals surface area contributed by atoms with E-state index in [4.69, 9.17) is 0 Å². The first kappa shape index (κ1) is 13.5. The summed E-state index contributed by atoms with van der Waals surface area (Å²) >= 11 is 0. The molecular weight excluding hydrogens is 202 g/mol. The summed E-state index contributed by atoms with van der Waals surface area (Å²) in [5, 5.41) is 3.28. The van der Waals surface area contributed by atoms with E-state index in [1.54, 1.807) is 0 Å². The van der Waals surface area contributed by atoms with E-state index >= 15 is 0 Å². The maximum Gasteiger partial charge on any atom is 0.225 e. The molecule has 1 N–H and O–H groups in total. The summed E-state index contributed by atoms with van der Waals surface area (Å²) in [6, 6.07) is 0. The van der Waals surface area contributed by atoms with E-state index in [1.165, 1.54) is 0 Å². The number of carbonyl (C=O) groups is 1. The maximum atomic E-state index is 12.1. The van der Waals surface area contributed by atoms with Crippen molar-refractivity contribution in [3.8, 4) is 0 Å². The van der Waals surface area contributed by atoms with Gasteiger partial charge >= 0.3 is 0 Å². The van der Waals surface area contributed by atoms with Crippen LogP contribution in [0.1, 0.15) is 20.3 Å². The first-order valence-electron chi connectivity index (χ1n) is 5.95. The first-order chi connectivity index (χ1) is 7.27. The summed E-state index contributed by atoms with van der Waals surface area (Å²) in [5.41, 5.74) is 0. The lowest BCUT2D eigenvalue weighted by molar-refractivity contribution is -0.137. The number of amides is 1. The van der Waals surface area contributed by atoms with Gasteiger partial charge in [-0.1, -0.05) is 7.43 Å². The molecule has 0 spiro atoms. The van der Waals surface area contributed by atoms with Gasteiger partial charge in [-0.05, 0) is 33.0 Å². The van der Waals surface area contributed by atoms with E-state index < -0.39 is 0 Å². The van der Waals surface area contributed by atoms with E-state index in [2.05, 4.69) is 17.3 Å². The maximum absolute atomic E-state index is 12.1. The van der Waals surface area contributed by atoms with Crippen LogP contribution in [0.25, 0.3) is 0 Å². The van der Waals surface area contributed by atoms with Crippen molar-refractivity contribution in [1.29, 1.82) is 0 Å². The van der Waals surface area contributed by atoms with Crippen LogP contribution in [0.5, 0.6) is 0 Å². The number of hydrogen-bond acceptors (Lipinski definition) is 3. The molecule has 2 aliphatic rings. The normalized spacial score (nSPS) is 23.9. The van der Waals surface area contributed by atoms with E-state index in [9.17, 15) is 4.79 Å². The predicted molar refractivity (Wildman–Crippen MR) is 66.4 cm³/mol. The Kier molecular flexibility index (Phi) is 5.22. The fraction of sp³-hybridized carbons (Fsp3) is 0.917. The minimum absolute atomic E-state index is 0. The topological polar surface area (TPSA) is 35.6 Å². The smallest absolute Gasteiger partial charge is 0.225 e. The lowest BCUT2D eigenvalue weighted by Gasteiger charge is -2.34. The molecule has 0 bridgehead atoms. The molecule has 2 heterocycles. The fourth-order valence-corrected chi connectivity index (χ4v) is 2.40.